The fraction of sp³-hybridized carbons (Fsp3) is 0.0968. The number of rotatable bonds is 1. The molecule has 0 radical (unpaired) electrons. The van der Waals surface area contributed by atoms with Crippen LogP contribution in [0.1, 0.15) is 35.6 Å². The van der Waals surface area contributed by atoms with Gasteiger partial charge < -0.3 is 14.6 Å². The van der Waals surface area contributed by atoms with Crippen LogP contribution in [0.2, 0.25) is 0 Å². The van der Waals surface area contributed by atoms with Gasteiger partial charge in [0.1, 0.15) is 5.58 Å². The van der Waals surface area contributed by atoms with Crippen molar-refractivity contribution < 1.29 is 4.42 Å². The Morgan fingerprint density at radius 2 is 1.44 bits per heavy atom. The van der Waals surface area contributed by atoms with Gasteiger partial charge in [0.2, 0.25) is 0 Å². The van der Waals surface area contributed by atoms with Crippen LogP contribution in [0.15, 0.2) is 95.4 Å². The van der Waals surface area contributed by atoms with Crippen LogP contribution in [0.3, 0.4) is 0 Å². The number of aromatic nitrogens is 1. The Kier molecular flexibility index (Phi) is 3.32. The highest BCUT2D eigenvalue weighted by Gasteiger charge is 2.32. The molecule has 2 unspecified atom stereocenters. The largest absolute Gasteiger partial charge is 0.454 e. The van der Waals surface area contributed by atoms with Crippen molar-refractivity contribution >= 4 is 54.8 Å². The summed E-state index contributed by atoms with van der Waals surface area (Å²) in [6.45, 7) is 2.29. The van der Waals surface area contributed by atoms with Crippen molar-refractivity contribution in [3.05, 3.63) is 108 Å². The number of hydrogen-bond acceptors (Lipinski definition) is 2. The number of nitrogens with two attached hydrogens (primary N) is 1. The number of para-hydroxylation sites is 3. The molecular formula is C31H22N2O. The van der Waals surface area contributed by atoms with E-state index in [0.29, 0.717) is 0 Å². The monoisotopic (exact) mass is 438 g/mol. The van der Waals surface area contributed by atoms with E-state index >= 15 is 0 Å². The fourth-order valence-electron chi connectivity index (χ4n) is 6.37. The summed E-state index contributed by atoms with van der Waals surface area (Å²) in [7, 11) is 0. The second-order valence-electron chi connectivity index (χ2n) is 9.61. The third-order valence-electron chi connectivity index (χ3n) is 7.88. The number of furan rings is 1. The van der Waals surface area contributed by atoms with Crippen molar-refractivity contribution in [1.29, 1.82) is 0 Å². The van der Waals surface area contributed by atoms with Gasteiger partial charge in [-0.15, -0.1) is 0 Å². The molecule has 3 heteroatoms. The van der Waals surface area contributed by atoms with Gasteiger partial charge in [0, 0.05) is 38.4 Å². The summed E-state index contributed by atoms with van der Waals surface area (Å²) in [5, 5.41) is 6.39. The predicted molar refractivity (Wildman–Crippen MR) is 141 cm³/mol. The lowest BCUT2D eigenvalue weighted by molar-refractivity contribution is 0.566. The van der Waals surface area contributed by atoms with Crippen molar-refractivity contribution in [2.24, 2.45) is 5.73 Å². The second kappa shape index (κ2) is 6.21. The van der Waals surface area contributed by atoms with E-state index in [1.54, 1.807) is 0 Å². The minimum Gasteiger partial charge on any atom is -0.454 e. The Morgan fingerprint density at radius 3 is 2.32 bits per heavy atom. The van der Waals surface area contributed by atoms with E-state index in [0.717, 1.165) is 17.0 Å². The number of nitrogens with zero attached hydrogens (tertiary/aromatic N) is 1. The lowest BCUT2D eigenvalue weighted by Gasteiger charge is -2.27. The van der Waals surface area contributed by atoms with Gasteiger partial charge >= 0.3 is 0 Å². The Bertz CT molecular complexity index is 1950. The van der Waals surface area contributed by atoms with E-state index in [-0.39, 0.29) is 11.8 Å². The molecule has 0 bridgehead atoms. The average molecular weight is 439 g/mol. The molecule has 162 valence electrons. The van der Waals surface area contributed by atoms with Gasteiger partial charge in [-0.05, 0) is 41.8 Å². The first kappa shape index (κ1) is 18.2. The smallest absolute Gasteiger partial charge is 0.154 e. The van der Waals surface area contributed by atoms with Crippen molar-refractivity contribution in [2.45, 2.75) is 18.8 Å². The lowest BCUT2D eigenvalue weighted by atomic mass is 9.77. The molecule has 3 heterocycles. The molecule has 0 amide bonds. The Balaban J connectivity index is 1.38. The molecule has 3 nitrogen and oxygen atoms in total. The molecule has 2 atom stereocenters. The molecule has 3 aromatic heterocycles. The van der Waals surface area contributed by atoms with Gasteiger partial charge in [0.15, 0.2) is 5.76 Å². The highest BCUT2D eigenvalue weighted by Crippen LogP contribution is 2.47. The maximum atomic E-state index is 6.55. The Morgan fingerprint density at radius 1 is 0.735 bits per heavy atom. The zero-order valence-corrected chi connectivity index (χ0v) is 18.7. The van der Waals surface area contributed by atoms with Gasteiger partial charge in [0.05, 0.1) is 22.2 Å². The topological polar surface area (TPSA) is 43.6 Å². The van der Waals surface area contributed by atoms with E-state index in [1.165, 1.54) is 54.6 Å². The summed E-state index contributed by atoms with van der Waals surface area (Å²) in [4.78, 5) is 0. The van der Waals surface area contributed by atoms with Gasteiger partial charge in [-0.1, -0.05) is 67.6 Å². The molecular weight excluding hydrogens is 416 g/mol. The minimum atomic E-state index is 0.190. The van der Waals surface area contributed by atoms with Gasteiger partial charge in [-0.2, -0.15) is 0 Å². The highest BCUT2D eigenvalue weighted by molar-refractivity contribution is 6.23. The van der Waals surface area contributed by atoms with E-state index in [9.17, 15) is 0 Å². The van der Waals surface area contributed by atoms with Gasteiger partial charge in [-0.3, -0.25) is 0 Å². The molecule has 8 rings (SSSR count). The molecule has 1 aliphatic rings. The molecule has 7 aromatic rings. The molecule has 0 fully saturated rings. The summed E-state index contributed by atoms with van der Waals surface area (Å²) in [6.07, 6.45) is 2.18. The van der Waals surface area contributed by atoms with Gasteiger partial charge in [-0.25, -0.2) is 0 Å². The van der Waals surface area contributed by atoms with Crippen LogP contribution >= 0.6 is 0 Å². The van der Waals surface area contributed by atoms with Crippen LogP contribution in [0.5, 0.6) is 0 Å². The lowest BCUT2D eigenvalue weighted by Crippen LogP contribution is -2.15. The minimum absolute atomic E-state index is 0.190. The SMILES string of the molecule is CC1c2c(oc3ccccc23)C(N)=CC1c1ccc2c(c1)c1cccc3c4ccccc4n2c31. The molecule has 0 aliphatic heterocycles. The second-order valence-corrected chi connectivity index (χ2v) is 9.61. The summed E-state index contributed by atoms with van der Waals surface area (Å²) in [5.74, 6) is 1.29. The van der Waals surface area contributed by atoms with E-state index in [2.05, 4.69) is 90.2 Å². The maximum Gasteiger partial charge on any atom is 0.154 e. The summed E-state index contributed by atoms with van der Waals surface area (Å²) >= 11 is 0. The molecule has 2 N–H and O–H groups in total. The number of hydrogen-bond donors (Lipinski definition) is 1. The predicted octanol–water partition coefficient (Wildman–Crippen LogP) is 7.78. The standard InChI is InChI=1S/C31H22N2O/c1-17-23(16-25(32)31-29(17)22-8-3-5-12-28(22)34-31)18-13-14-27-24(15-18)21-10-6-9-20-19-7-2-4-11-26(19)33(27)30(20)21/h2-17,23H,32H2,1H3. The molecule has 0 spiro atoms. The normalized spacial score (nSPS) is 18.4. The number of allylic oxidation sites excluding steroid dienone is 1. The quantitative estimate of drug-likeness (QED) is 0.284. The Hall–Kier alpha value is -4.24. The zero-order valence-electron chi connectivity index (χ0n) is 18.7. The third-order valence-corrected chi connectivity index (χ3v) is 7.88. The Labute approximate surface area is 196 Å². The van der Waals surface area contributed by atoms with Crippen LogP contribution < -0.4 is 5.73 Å². The van der Waals surface area contributed by atoms with Crippen molar-refractivity contribution in [3.63, 3.8) is 0 Å². The van der Waals surface area contributed by atoms with Crippen LogP contribution in [-0.4, -0.2) is 4.40 Å². The van der Waals surface area contributed by atoms with E-state index in [4.69, 9.17) is 10.2 Å². The van der Waals surface area contributed by atoms with Crippen molar-refractivity contribution in [3.8, 4) is 0 Å². The van der Waals surface area contributed by atoms with E-state index in [1.807, 2.05) is 12.1 Å². The first-order valence-electron chi connectivity index (χ1n) is 11.9. The first-order valence-corrected chi connectivity index (χ1v) is 11.9. The van der Waals surface area contributed by atoms with Crippen LogP contribution in [0.4, 0.5) is 0 Å². The molecule has 4 aromatic carbocycles. The average Bonchev–Trinajstić information content (AvgIpc) is 3.53. The molecule has 1 aliphatic carbocycles. The van der Waals surface area contributed by atoms with E-state index < -0.39 is 0 Å². The summed E-state index contributed by atoms with van der Waals surface area (Å²) in [5.41, 5.74) is 14.5. The highest BCUT2D eigenvalue weighted by atomic mass is 16.3. The summed E-state index contributed by atoms with van der Waals surface area (Å²) in [6, 6.07) is 30.6. The summed E-state index contributed by atoms with van der Waals surface area (Å²) < 4.78 is 8.57. The number of benzene rings is 4. The van der Waals surface area contributed by atoms with Crippen molar-refractivity contribution in [2.75, 3.05) is 0 Å². The maximum absolute atomic E-state index is 6.55. The first-order chi connectivity index (χ1) is 16.7. The molecule has 0 saturated heterocycles. The van der Waals surface area contributed by atoms with Crippen LogP contribution in [0.25, 0.3) is 54.8 Å². The molecule has 0 saturated carbocycles. The zero-order chi connectivity index (χ0) is 22.6. The van der Waals surface area contributed by atoms with Crippen LogP contribution in [-0.2, 0) is 0 Å². The van der Waals surface area contributed by atoms with Crippen LogP contribution in [0, 0.1) is 0 Å². The third kappa shape index (κ3) is 2.12. The number of fused-ring (bicyclic) bond motifs is 9. The van der Waals surface area contributed by atoms with Gasteiger partial charge in [0.25, 0.3) is 0 Å². The fourth-order valence-corrected chi connectivity index (χ4v) is 6.37. The molecule has 34 heavy (non-hydrogen) atoms. The van der Waals surface area contributed by atoms with Crippen molar-refractivity contribution in [1.82, 2.24) is 4.40 Å².